The molecule has 0 aromatic heterocycles. The number of unbranched alkanes of at least 4 members (excludes halogenated alkanes) is 3. The molecule has 1 aliphatic rings. The van der Waals surface area contributed by atoms with Crippen LogP contribution in [-0.4, -0.2) is 5.33 Å². The number of halogens is 1. The molecule has 1 N–H and O–H groups in total. The molecular weight excluding hydrogens is 342 g/mol. The lowest BCUT2D eigenvalue weighted by atomic mass is 10.0. The van der Waals surface area contributed by atoms with E-state index < -0.39 is 0 Å². The number of hydrogen-bond acceptors (Lipinski definition) is 2. The fourth-order valence-corrected chi connectivity index (χ4v) is 4.13. The maximum Gasteiger partial charge on any atom is 0.0558 e. The fraction of sp³-hybridized carbons (Fsp3) is 0.333. The Balaban J connectivity index is 1.71. The molecule has 0 amide bonds. The van der Waals surface area contributed by atoms with Crippen LogP contribution < -0.4 is 5.32 Å². The van der Waals surface area contributed by atoms with Crippen LogP contribution in [0.1, 0.15) is 31.2 Å². The van der Waals surface area contributed by atoms with E-state index in [2.05, 4.69) is 63.7 Å². The highest BCUT2D eigenvalue weighted by Gasteiger charge is 2.17. The van der Waals surface area contributed by atoms with Gasteiger partial charge in [-0.15, -0.1) is 0 Å². The summed E-state index contributed by atoms with van der Waals surface area (Å²) in [7, 11) is 0. The van der Waals surface area contributed by atoms with E-state index in [0.717, 1.165) is 5.33 Å². The van der Waals surface area contributed by atoms with Crippen LogP contribution >= 0.6 is 27.7 Å². The molecule has 0 radical (unpaired) electrons. The lowest BCUT2D eigenvalue weighted by Gasteiger charge is -2.23. The summed E-state index contributed by atoms with van der Waals surface area (Å²) in [5.74, 6) is 0. The highest BCUT2D eigenvalue weighted by molar-refractivity contribution is 9.09. The van der Waals surface area contributed by atoms with E-state index in [1.807, 2.05) is 11.8 Å². The Bertz CT molecular complexity index is 612. The normalized spacial score (nSPS) is 12.4. The zero-order valence-corrected chi connectivity index (χ0v) is 14.5. The molecule has 0 saturated heterocycles. The highest BCUT2D eigenvalue weighted by Crippen LogP contribution is 2.45. The molecule has 1 nitrogen and oxygen atoms in total. The molecule has 0 fully saturated rings. The second-order valence-corrected chi connectivity index (χ2v) is 7.24. The van der Waals surface area contributed by atoms with Crippen LogP contribution in [0, 0.1) is 0 Å². The standard InChI is InChI=1S/C18H20BrNS/c19-13-6-2-1-3-8-14-9-7-12-17-18(14)20-15-10-4-5-11-16(15)21-17/h4-5,7,9-12,20H,1-3,6,8,13H2. The van der Waals surface area contributed by atoms with Crippen LogP contribution in [0.15, 0.2) is 52.3 Å². The van der Waals surface area contributed by atoms with Gasteiger partial charge >= 0.3 is 0 Å². The number of aryl methyl sites for hydroxylation is 1. The third-order valence-corrected chi connectivity index (χ3v) is 5.51. The van der Waals surface area contributed by atoms with Gasteiger partial charge in [0.05, 0.1) is 11.4 Å². The first-order valence-corrected chi connectivity index (χ1v) is 9.54. The number of benzene rings is 2. The first-order valence-electron chi connectivity index (χ1n) is 7.60. The molecular formula is C18H20BrNS. The monoisotopic (exact) mass is 361 g/mol. The smallest absolute Gasteiger partial charge is 0.0558 e. The maximum atomic E-state index is 3.63. The summed E-state index contributed by atoms with van der Waals surface area (Å²) >= 11 is 5.37. The molecule has 1 aliphatic heterocycles. The third-order valence-electron chi connectivity index (χ3n) is 3.81. The summed E-state index contributed by atoms with van der Waals surface area (Å²) in [6.45, 7) is 0. The average Bonchev–Trinajstić information content (AvgIpc) is 2.53. The molecule has 3 rings (SSSR count). The van der Waals surface area contributed by atoms with E-state index in [4.69, 9.17) is 0 Å². The van der Waals surface area contributed by atoms with Crippen molar-refractivity contribution in [3.8, 4) is 0 Å². The van der Waals surface area contributed by atoms with E-state index >= 15 is 0 Å². The van der Waals surface area contributed by atoms with Crippen LogP contribution in [0.25, 0.3) is 0 Å². The van der Waals surface area contributed by atoms with E-state index in [0.29, 0.717) is 0 Å². The lowest BCUT2D eigenvalue weighted by Crippen LogP contribution is -2.03. The molecule has 0 spiro atoms. The van der Waals surface area contributed by atoms with Crippen LogP contribution in [0.4, 0.5) is 11.4 Å². The summed E-state index contributed by atoms with van der Waals surface area (Å²) in [6, 6.07) is 15.2. The molecule has 3 heteroatoms. The van der Waals surface area contributed by atoms with Gasteiger partial charge in [-0.2, -0.15) is 0 Å². The molecule has 0 atom stereocenters. The second-order valence-electron chi connectivity index (χ2n) is 5.37. The van der Waals surface area contributed by atoms with E-state index in [-0.39, 0.29) is 0 Å². The van der Waals surface area contributed by atoms with Crippen LogP contribution in [0.2, 0.25) is 0 Å². The van der Waals surface area contributed by atoms with Gasteiger partial charge in [-0.3, -0.25) is 0 Å². The number of para-hydroxylation sites is 2. The Kier molecular flexibility index (Phi) is 5.26. The lowest BCUT2D eigenvalue weighted by molar-refractivity contribution is 0.671. The molecule has 0 unspecified atom stereocenters. The molecule has 21 heavy (non-hydrogen) atoms. The van der Waals surface area contributed by atoms with Crippen LogP contribution in [0.5, 0.6) is 0 Å². The number of fused-ring (bicyclic) bond motifs is 2. The first-order chi connectivity index (χ1) is 10.4. The predicted octanol–water partition coefficient (Wildman–Crippen LogP) is 6.39. The second kappa shape index (κ2) is 7.37. The van der Waals surface area contributed by atoms with Gasteiger partial charge in [0.15, 0.2) is 0 Å². The van der Waals surface area contributed by atoms with Gasteiger partial charge in [-0.1, -0.05) is 64.8 Å². The van der Waals surface area contributed by atoms with E-state index in [1.165, 1.54) is 58.8 Å². The Morgan fingerprint density at radius 2 is 1.67 bits per heavy atom. The SMILES string of the molecule is BrCCCCCCc1cccc2c1Nc1ccccc1S2. The van der Waals surface area contributed by atoms with Gasteiger partial charge in [-0.05, 0) is 43.0 Å². The molecule has 2 aromatic carbocycles. The van der Waals surface area contributed by atoms with Crippen molar-refractivity contribution in [2.24, 2.45) is 0 Å². The van der Waals surface area contributed by atoms with Gasteiger partial charge in [-0.25, -0.2) is 0 Å². The van der Waals surface area contributed by atoms with Crippen molar-refractivity contribution < 1.29 is 0 Å². The van der Waals surface area contributed by atoms with Gasteiger partial charge in [0, 0.05) is 15.1 Å². The summed E-state index contributed by atoms with van der Waals surface area (Å²) in [4.78, 5) is 2.67. The maximum absolute atomic E-state index is 3.63. The average molecular weight is 362 g/mol. The first kappa shape index (κ1) is 15.0. The predicted molar refractivity (Wildman–Crippen MR) is 96.3 cm³/mol. The van der Waals surface area contributed by atoms with Crippen molar-refractivity contribution >= 4 is 39.1 Å². The summed E-state index contributed by atoms with van der Waals surface area (Å²) in [5, 5.41) is 4.76. The van der Waals surface area contributed by atoms with Gasteiger partial charge < -0.3 is 5.32 Å². The Morgan fingerprint density at radius 1 is 0.857 bits per heavy atom. The minimum Gasteiger partial charge on any atom is -0.353 e. The molecule has 0 bridgehead atoms. The number of rotatable bonds is 6. The van der Waals surface area contributed by atoms with Crippen molar-refractivity contribution in [2.45, 2.75) is 41.9 Å². The molecule has 110 valence electrons. The number of anilines is 2. The quantitative estimate of drug-likeness (QED) is 0.403. The molecule has 2 aromatic rings. The van der Waals surface area contributed by atoms with Crippen molar-refractivity contribution in [3.05, 3.63) is 48.0 Å². The van der Waals surface area contributed by atoms with E-state index in [9.17, 15) is 0 Å². The summed E-state index contributed by atoms with van der Waals surface area (Å²) in [5.41, 5.74) is 4.01. The third kappa shape index (κ3) is 3.64. The van der Waals surface area contributed by atoms with Crippen LogP contribution in [0.3, 0.4) is 0 Å². The van der Waals surface area contributed by atoms with Gasteiger partial charge in [0.1, 0.15) is 0 Å². The Hall–Kier alpha value is -0.930. The van der Waals surface area contributed by atoms with Crippen LogP contribution in [-0.2, 0) is 6.42 Å². The van der Waals surface area contributed by atoms with E-state index in [1.54, 1.807) is 0 Å². The molecule has 0 saturated carbocycles. The fourth-order valence-electron chi connectivity index (χ4n) is 2.69. The number of hydrogen-bond donors (Lipinski definition) is 1. The van der Waals surface area contributed by atoms with Crippen molar-refractivity contribution in [1.82, 2.24) is 0 Å². The zero-order valence-electron chi connectivity index (χ0n) is 12.1. The Morgan fingerprint density at radius 3 is 2.57 bits per heavy atom. The number of nitrogens with one attached hydrogen (secondary N) is 1. The molecule has 1 heterocycles. The largest absolute Gasteiger partial charge is 0.353 e. The topological polar surface area (TPSA) is 12.0 Å². The Labute approximate surface area is 139 Å². The minimum atomic E-state index is 1.13. The van der Waals surface area contributed by atoms with Crippen molar-refractivity contribution in [1.29, 1.82) is 0 Å². The molecule has 0 aliphatic carbocycles. The highest BCUT2D eigenvalue weighted by atomic mass is 79.9. The minimum absolute atomic E-state index is 1.13. The van der Waals surface area contributed by atoms with Crippen molar-refractivity contribution in [3.63, 3.8) is 0 Å². The van der Waals surface area contributed by atoms with Gasteiger partial charge in [0.25, 0.3) is 0 Å². The summed E-state index contributed by atoms with van der Waals surface area (Å²) < 4.78 is 0. The zero-order chi connectivity index (χ0) is 14.5. The van der Waals surface area contributed by atoms with Gasteiger partial charge in [0.2, 0.25) is 0 Å². The number of alkyl halides is 1. The van der Waals surface area contributed by atoms with Crippen molar-refractivity contribution in [2.75, 3.05) is 10.6 Å². The summed E-state index contributed by atoms with van der Waals surface area (Å²) in [6.07, 6.45) is 6.37.